The molecule has 1 amide bonds. The molecule has 8 heteroatoms. The van der Waals surface area contributed by atoms with Gasteiger partial charge in [-0.1, -0.05) is 43.1 Å². The Morgan fingerprint density at radius 1 is 1.30 bits per heavy atom. The number of nitrogens with one attached hydrogen (secondary N) is 1. The minimum atomic E-state index is -0.617. The van der Waals surface area contributed by atoms with Gasteiger partial charge in [-0.05, 0) is 24.0 Å². The molecule has 2 aliphatic rings. The fourth-order valence-electron chi connectivity index (χ4n) is 3.93. The standard InChI is InChI=1S/C19H18Cl2N4O2/c1-19(2)6-12-15(13(26)7-19)16(14-10(20)4-3-5-11(14)21)25-18(24-12)9(8-23-25)17(22)27/h3-5,8,16,24H,6-7H2,1-2H3,(H2,22,27)/t16-/m0/s1. The molecule has 27 heavy (non-hydrogen) atoms. The molecule has 0 fully saturated rings. The molecular weight excluding hydrogens is 387 g/mol. The number of ketones is 1. The van der Waals surface area contributed by atoms with Crippen LogP contribution >= 0.6 is 23.2 Å². The molecular formula is C19H18Cl2N4O2. The Labute approximate surface area is 166 Å². The topological polar surface area (TPSA) is 90.0 Å². The van der Waals surface area contributed by atoms with Crippen molar-refractivity contribution in [2.75, 3.05) is 5.32 Å². The van der Waals surface area contributed by atoms with Gasteiger partial charge in [0.15, 0.2) is 5.78 Å². The lowest BCUT2D eigenvalue weighted by molar-refractivity contribution is -0.118. The molecule has 6 nitrogen and oxygen atoms in total. The van der Waals surface area contributed by atoms with Crippen LogP contribution in [0.1, 0.15) is 48.7 Å². The quantitative estimate of drug-likeness (QED) is 0.792. The number of nitrogens with two attached hydrogens (primary N) is 1. The summed E-state index contributed by atoms with van der Waals surface area (Å²) >= 11 is 12.9. The number of rotatable bonds is 2. The normalized spacial score (nSPS) is 20.7. The van der Waals surface area contributed by atoms with Gasteiger partial charge in [0.25, 0.3) is 5.91 Å². The van der Waals surface area contributed by atoms with Crippen LogP contribution in [0.2, 0.25) is 10.0 Å². The lowest BCUT2D eigenvalue weighted by Crippen LogP contribution is -2.37. The smallest absolute Gasteiger partial charge is 0.254 e. The van der Waals surface area contributed by atoms with Crippen LogP contribution in [0.4, 0.5) is 5.82 Å². The summed E-state index contributed by atoms with van der Waals surface area (Å²) in [6.07, 6.45) is 2.46. The zero-order valence-corrected chi connectivity index (χ0v) is 16.4. The second-order valence-corrected chi connectivity index (χ2v) is 8.53. The number of primary amides is 1. The van der Waals surface area contributed by atoms with Crippen LogP contribution < -0.4 is 11.1 Å². The summed E-state index contributed by atoms with van der Waals surface area (Å²) in [6, 6.07) is 4.57. The molecule has 2 heterocycles. The number of allylic oxidation sites excluding steroid dienone is 2. The average Bonchev–Trinajstić information content (AvgIpc) is 2.96. The molecule has 2 aromatic rings. The first-order chi connectivity index (χ1) is 12.7. The Morgan fingerprint density at radius 3 is 2.59 bits per heavy atom. The molecule has 0 spiro atoms. The van der Waals surface area contributed by atoms with Crippen LogP contribution in [0.25, 0.3) is 0 Å². The first-order valence-electron chi connectivity index (χ1n) is 8.54. The van der Waals surface area contributed by atoms with E-state index in [9.17, 15) is 9.59 Å². The summed E-state index contributed by atoms with van der Waals surface area (Å²) in [5, 5.41) is 8.42. The first-order valence-corrected chi connectivity index (χ1v) is 9.30. The van der Waals surface area contributed by atoms with Crippen LogP contribution in [0.5, 0.6) is 0 Å². The van der Waals surface area contributed by atoms with E-state index in [1.54, 1.807) is 22.9 Å². The van der Waals surface area contributed by atoms with Crippen molar-refractivity contribution in [2.45, 2.75) is 32.7 Å². The van der Waals surface area contributed by atoms with Gasteiger partial charge < -0.3 is 11.1 Å². The SMILES string of the molecule is CC1(C)CC(=O)C2=C(C1)Nc1c(C(N)=O)cnn1[C@H]2c1c(Cl)cccc1Cl. The number of aromatic nitrogens is 2. The highest BCUT2D eigenvalue weighted by Gasteiger charge is 2.43. The van der Waals surface area contributed by atoms with Crippen molar-refractivity contribution in [1.82, 2.24) is 9.78 Å². The van der Waals surface area contributed by atoms with Gasteiger partial charge in [-0.15, -0.1) is 0 Å². The van der Waals surface area contributed by atoms with E-state index in [1.165, 1.54) is 6.20 Å². The highest BCUT2D eigenvalue weighted by atomic mass is 35.5. The van der Waals surface area contributed by atoms with Crippen molar-refractivity contribution in [3.05, 3.63) is 56.8 Å². The highest BCUT2D eigenvalue weighted by Crippen LogP contribution is 2.48. The van der Waals surface area contributed by atoms with E-state index in [-0.39, 0.29) is 16.8 Å². The molecule has 1 aromatic carbocycles. The van der Waals surface area contributed by atoms with Gasteiger partial charge in [0.1, 0.15) is 17.4 Å². The Balaban J connectivity index is 2.01. The molecule has 1 aliphatic heterocycles. The van der Waals surface area contributed by atoms with Gasteiger partial charge in [0.2, 0.25) is 0 Å². The number of hydrogen-bond acceptors (Lipinski definition) is 4. The second kappa shape index (κ2) is 6.11. The Bertz CT molecular complexity index is 1000. The van der Waals surface area contributed by atoms with Crippen molar-refractivity contribution >= 4 is 40.7 Å². The van der Waals surface area contributed by atoms with E-state index in [4.69, 9.17) is 28.9 Å². The van der Waals surface area contributed by atoms with Crippen molar-refractivity contribution in [3.8, 4) is 0 Å². The molecule has 1 aromatic heterocycles. The van der Waals surface area contributed by atoms with Crippen LogP contribution in [0.15, 0.2) is 35.7 Å². The molecule has 140 valence electrons. The number of Topliss-reactive ketones (excluding diaryl/α,β-unsaturated/α-hetero) is 1. The average molecular weight is 405 g/mol. The second-order valence-electron chi connectivity index (χ2n) is 7.71. The summed E-state index contributed by atoms with van der Waals surface area (Å²) in [4.78, 5) is 24.9. The van der Waals surface area contributed by atoms with Gasteiger partial charge in [0.05, 0.1) is 6.20 Å². The molecule has 1 aliphatic carbocycles. The fraction of sp³-hybridized carbons (Fsp3) is 0.316. The van der Waals surface area contributed by atoms with Crippen molar-refractivity contribution in [3.63, 3.8) is 0 Å². The molecule has 0 bridgehead atoms. The largest absolute Gasteiger partial charge is 0.365 e. The third-order valence-corrected chi connectivity index (χ3v) is 5.70. The molecule has 0 unspecified atom stereocenters. The lowest BCUT2D eigenvalue weighted by atomic mass is 9.73. The van der Waals surface area contributed by atoms with Crippen LogP contribution in [0.3, 0.4) is 0 Å². The summed E-state index contributed by atoms with van der Waals surface area (Å²) in [7, 11) is 0. The summed E-state index contributed by atoms with van der Waals surface area (Å²) in [6.45, 7) is 4.07. The Kier molecular flexibility index (Phi) is 4.09. The number of nitrogens with zero attached hydrogens (tertiary/aromatic N) is 2. The molecule has 0 radical (unpaired) electrons. The number of carbonyl (C=O) groups excluding carboxylic acids is 2. The summed E-state index contributed by atoms with van der Waals surface area (Å²) in [5.74, 6) is -0.137. The first kappa shape index (κ1) is 18.1. The number of benzene rings is 1. The zero-order chi connectivity index (χ0) is 19.5. The predicted octanol–water partition coefficient (Wildman–Crippen LogP) is 3.95. The summed E-state index contributed by atoms with van der Waals surface area (Å²) < 4.78 is 1.57. The van der Waals surface area contributed by atoms with Crippen LogP contribution in [0, 0.1) is 5.41 Å². The fourth-order valence-corrected chi connectivity index (χ4v) is 4.53. The number of amides is 1. The zero-order valence-electron chi connectivity index (χ0n) is 14.8. The number of fused-ring (bicyclic) bond motifs is 1. The minimum absolute atomic E-state index is 0.0107. The predicted molar refractivity (Wildman–Crippen MR) is 104 cm³/mol. The lowest BCUT2D eigenvalue weighted by Gasteiger charge is -2.39. The monoisotopic (exact) mass is 404 g/mol. The maximum atomic E-state index is 13.1. The maximum Gasteiger partial charge on any atom is 0.254 e. The van der Waals surface area contributed by atoms with Crippen molar-refractivity contribution in [1.29, 1.82) is 0 Å². The van der Waals surface area contributed by atoms with Crippen molar-refractivity contribution in [2.24, 2.45) is 11.1 Å². The third-order valence-electron chi connectivity index (χ3n) is 5.04. The van der Waals surface area contributed by atoms with Crippen LogP contribution in [-0.4, -0.2) is 21.5 Å². The highest BCUT2D eigenvalue weighted by molar-refractivity contribution is 6.36. The number of halogens is 2. The van der Waals surface area contributed by atoms with Gasteiger partial charge in [-0.2, -0.15) is 5.10 Å². The van der Waals surface area contributed by atoms with E-state index in [0.29, 0.717) is 39.8 Å². The molecule has 4 rings (SSSR count). The molecule has 3 N–H and O–H groups in total. The number of carbonyl (C=O) groups is 2. The van der Waals surface area contributed by atoms with Gasteiger partial charge >= 0.3 is 0 Å². The number of hydrogen-bond donors (Lipinski definition) is 2. The van der Waals surface area contributed by atoms with Crippen molar-refractivity contribution < 1.29 is 9.59 Å². The summed E-state index contributed by atoms with van der Waals surface area (Å²) in [5.41, 5.74) is 7.48. The van der Waals surface area contributed by atoms with Crippen LogP contribution in [-0.2, 0) is 4.79 Å². The molecule has 1 atom stereocenters. The maximum absolute atomic E-state index is 13.1. The van der Waals surface area contributed by atoms with E-state index >= 15 is 0 Å². The number of anilines is 1. The van der Waals surface area contributed by atoms with E-state index in [2.05, 4.69) is 10.4 Å². The minimum Gasteiger partial charge on any atom is -0.365 e. The third kappa shape index (κ3) is 2.84. The molecule has 0 saturated carbocycles. The molecule has 0 saturated heterocycles. The Morgan fingerprint density at radius 2 is 1.96 bits per heavy atom. The van der Waals surface area contributed by atoms with E-state index < -0.39 is 11.9 Å². The Hall–Kier alpha value is -2.31. The van der Waals surface area contributed by atoms with Gasteiger partial charge in [-0.25, -0.2) is 4.68 Å². The van der Waals surface area contributed by atoms with Gasteiger partial charge in [0, 0.05) is 33.3 Å². The van der Waals surface area contributed by atoms with E-state index in [0.717, 1.165) is 5.70 Å². The van der Waals surface area contributed by atoms with E-state index in [1.807, 2.05) is 13.8 Å². The van der Waals surface area contributed by atoms with Gasteiger partial charge in [-0.3, -0.25) is 9.59 Å².